The van der Waals surface area contributed by atoms with E-state index in [4.69, 9.17) is 0 Å². The van der Waals surface area contributed by atoms with Gasteiger partial charge < -0.3 is 0 Å². The highest BCUT2D eigenvalue weighted by Crippen LogP contribution is 2.37. The van der Waals surface area contributed by atoms with Crippen molar-refractivity contribution in [3.05, 3.63) is 118 Å². The summed E-state index contributed by atoms with van der Waals surface area (Å²) in [6.45, 7) is 0. The van der Waals surface area contributed by atoms with Crippen LogP contribution in [0.1, 0.15) is 88.2 Å². The van der Waals surface area contributed by atoms with Crippen LogP contribution in [0.5, 0.6) is 0 Å². The van der Waals surface area contributed by atoms with Gasteiger partial charge in [0.05, 0.1) is 0 Å². The van der Waals surface area contributed by atoms with Gasteiger partial charge in [0.15, 0.2) is 0 Å². The molecule has 0 radical (unpaired) electrons. The van der Waals surface area contributed by atoms with Crippen LogP contribution in [-0.4, -0.2) is 0 Å². The zero-order valence-corrected chi connectivity index (χ0v) is 23.0. The standard InChI is InChI=1S/C38H44/c1-3-7-15-31-19-11-22-34-23-13-25-35-24-12-21-33-17-9-5-2-6-10-18-36(33)27-29-38(35)30-28-37(34)26-14-20-32(31)16-8-4-1/h1,3-4,7-8,11,13-16,19-20,22-23,25-26,28,30,33,36H,2,5-6,9-10,12,17-18,21,24,27,29H2. The molecule has 0 nitrogen and oxygen atoms in total. The summed E-state index contributed by atoms with van der Waals surface area (Å²) in [6, 6.07) is 13.4. The van der Waals surface area contributed by atoms with Gasteiger partial charge in [0, 0.05) is 0 Å². The molecule has 1 fully saturated rings. The largest absolute Gasteiger partial charge is 0.0623 e. The Labute approximate surface area is 230 Å². The second-order valence-corrected chi connectivity index (χ2v) is 11.4. The van der Waals surface area contributed by atoms with Gasteiger partial charge in [0.2, 0.25) is 0 Å². The molecular weight excluding hydrogens is 456 g/mol. The van der Waals surface area contributed by atoms with Gasteiger partial charge in [-0.15, -0.1) is 0 Å². The molecule has 1 aromatic rings. The Morgan fingerprint density at radius 3 is 1.84 bits per heavy atom. The molecule has 0 spiro atoms. The maximum atomic E-state index is 2.45. The minimum Gasteiger partial charge on any atom is -0.0623 e. The van der Waals surface area contributed by atoms with Gasteiger partial charge in [0.25, 0.3) is 0 Å². The average molecular weight is 501 g/mol. The van der Waals surface area contributed by atoms with Crippen LogP contribution < -0.4 is 10.4 Å². The van der Waals surface area contributed by atoms with Crippen molar-refractivity contribution in [2.24, 2.45) is 11.8 Å². The summed E-state index contributed by atoms with van der Waals surface area (Å²) in [6.07, 6.45) is 43.4. The molecule has 0 aromatic heterocycles. The molecule has 0 saturated heterocycles. The first kappa shape index (κ1) is 26.5. The van der Waals surface area contributed by atoms with E-state index in [0.29, 0.717) is 0 Å². The lowest BCUT2D eigenvalue weighted by Gasteiger charge is -2.26. The smallest absolute Gasteiger partial charge is 0.0184 e. The average Bonchev–Trinajstić information content (AvgIpc) is 3.18. The van der Waals surface area contributed by atoms with E-state index in [-0.39, 0.29) is 0 Å². The first-order chi connectivity index (χ1) is 18.9. The predicted octanol–water partition coefficient (Wildman–Crippen LogP) is 9.33. The van der Waals surface area contributed by atoms with Crippen LogP contribution in [0.3, 0.4) is 0 Å². The molecule has 38 heavy (non-hydrogen) atoms. The Kier molecular flexibility index (Phi) is 9.86. The Morgan fingerprint density at radius 1 is 0.421 bits per heavy atom. The molecule has 0 amide bonds. The van der Waals surface area contributed by atoms with Crippen LogP contribution in [-0.2, 0) is 0 Å². The monoisotopic (exact) mass is 500 g/mol. The van der Waals surface area contributed by atoms with Crippen LogP contribution in [0.2, 0.25) is 0 Å². The van der Waals surface area contributed by atoms with Crippen LogP contribution in [0.15, 0.2) is 96.2 Å². The summed E-state index contributed by atoms with van der Waals surface area (Å²) in [5, 5.41) is 2.47. The second-order valence-electron chi connectivity index (χ2n) is 11.4. The normalized spacial score (nSPS) is 23.4. The highest BCUT2D eigenvalue weighted by atomic mass is 14.3. The third kappa shape index (κ3) is 7.47. The van der Waals surface area contributed by atoms with E-state index in [0.717, 1.165) is 11.8 Å². The van der Waals surface area contributed by atoms with Crippen LogP contribution in [0.25, 0.3) is 24.3 Å². The summed E-state index contributed by atoms with van der Waals surface area (Å²) in [5.41, 5.74) is 5.60. The fraction of sp³-hybridized carbons (Fsp3) is 0.368. The predicted molar refractivity (Wildman–Crippen MR) is 167 cm³/mol. The minimum atomic E-state index is 0.915. The van der Waals surface area contributed by atoms with Gasteiger partial charge in [-0.1, -0.05) is 154 Å². The lowest BCUT2D eigenvalue weighted by molar-refractivity contribution is 0.257. The molecule has 2 unspecified atom stereocenters. The number of allylic oxidation sites excluding steroid dienone is 10. The van der Waals surface area contributed by atoms with Crippen LogP contribution >= 0.6 is 0 Å². The zero-order valence-electron chi connectivity index (χ0n) is 23.0. The van der Waals surface area contributed by atoms with E-state index in [1.54, 1.807) is 11.1 Å². The van der Waals surface area contributed by atoms with Crippen molar-refractivity contribution in [3.8, 4) is 0 Å². The Balaban J connectivity index is 1.48. The van der Waals surface area contributed by atoms with Gasteiger partial charge in [-0.25, -0.2) is 0 Å². The van der Waals surface area contributed by atoms with Crippen molar-refractivity contribution in [1.29, 1.82) is 0 Å². The van der Waals surface area contributed by atoms with Crippen LogP contribution in [0, 0.1) is 11.8 Å². The van der Waals surface area contributed by atoms with E-state index in [1.165, 1.54) is 98.6 Å². The van der Waals surface area contributed by atoms with Crippen molar-refractivity contribution in [3.63, 3.8) is 0 Å². The molecule has 2 atom stereocenters. The zero-order chi connectivity index (χ0) is 25.8. The summed E-state index contributed by atoms with van der Waals surface area (Å²) in [7, 11) is 0. The Hall–Kier alpha value is -3.12. The van der Waals surface area contributed by atoms with E-state index in [2.05, 4.69) is 109 Å². The molecule has 5 rings (SSSR count). The highest BCUT2D eigenvalue weighted by molar-refractivity contribution is 5.60. The fourth-order valence-electron chi connectivity index (χ4n) is 6.64. The Bertz CT molecular complexity index is 1320. The molecule has 0 N–H and O–H groups in total. The highest BCUT2D eigenvalue weighted by Gasteiger charge is 2.23. The van der Waals surface area contributed by atoms with Gasteiger partial charge in [0.1, 0.15) is 0 Å². The topological polar surface area (TPSA) is 0 Å². The minimum absolute atomic E-state index is 0.915. The third-order valence-electron chi connectivity index (χ3n) is 8.84. The van der Waals surface area contributed by atoms with E-state index < -0.39 is 0 Å². The molecular formula is C38H44. The first-order valence-electron chi connectivity index (χ1n) is 15.1. The summed E-state index contributed by atoms with van der Waals surface area (Å²) in [4.78, 5) is 0. The number of hydrogen-bond acceptors (Lipinski definition) is 0. The van der Waals surface area contributed by atoms with Crippen molar-refractivity contribution in [2.75, 3.05) is 0 Å². The van der Waals surface area contributed by atoms with Crippen molar-refractivity contribution in [1.82, 2.24) is 0 Å². The molecule has 4 aliphatic rings. The number of hydrogen-bond donors (Lipinski definition) is 0. The third-order valence-corrected chi connectivity index (χ3v) is 8.84. The van der Waals surface area contributed by atoms with E-state index in [1.807, 2.05) is 0 Å². The Morgan fingerprint density at radius 2 is 1.03 bits per heavy atom. The summed E-state index contributed by atoms with van der Waals surface area (Å²) >= 11 is 0. The van der Waals surface area contributed by atoms with Gasteiger partial charge in [-0.2, -0.15) is 0 Å². The quantitative estimate of drug-likeness (QED) is 0.333. The molecule has 1 saturated carbocycles. The lowest BCUT2D eigenvalue weighted by Crippen LogP contribution is -2.15. The van der Waals surface area contributed by atoms with Gasteiger partial charge in [-0.05, 0) is 76.7 Å². The molecule has 0 heteroatoms. The molecule has 1 aromatic carbocycles. The van der Waals surface area contributed by atoms with Crippen molar-refractivity contribution in [2.45, 2.75) is 77.0 Å². The van der Waals surface area contributed by atoms with Crippen molar-refractivity contribution < 1.29 is 0 Å². The molecule has 0 bridgehead atoms. The maximum absolute atomic E-state index is 2.45. The van der Waals surface area contributed by atoms with E-state index >= 15 is 0 Å². The van der Waals surface area contributed by atoms with E-state index in [9.17, 15) is 0 Å². The molecule has 0 aliphatic heterocycles. The maximum Gasteiger partial charge on any atom is -0.0184 e. The fourth-order valence-corrected chi connectivity index (χ4v) is 6.64. The summed E-state index contributed by atoms with van der Waals surface area (Å²) in [5.74, 6) is 1.86. The number of fused-ring (bicyclic) bond motifs is 3. The molecule has 196 valence electrons. The molecule has 0 heterocycles. The van der Waals surface area contributed by atoms with Gasteiger partial charge in [-0.3, -0.25) is 0 Å². The van der Waals surface area contributed by atoms with Crippen molar-refractivity contribution >= 4 is 24.3 Å². The SMILES string of the molecule is C1=CC=Cc2cccc3c(cccc2=CC=C1)C=CC1=C(C=CC=3)CCCC2CCCCCCCC2CC1. The second kappa shape index (κ2) is 14.1. The molecule has 4 aliphatic carbocycles. The lowest BCUT2D eigenvalue weighted by atomic mass is 9.79. The number of rotatable bonds is 0. The summed E-state index contributed by atoms with van der Waals surface area (Å²) < 4.78 is 0. The first-order valence-corrected chi connectivity index (χ1v) is 15.1. The van der Waals surface area contributed by atoms with Crippen LogP contribution in [0.4, 0.5) is 0 Å². The van der Waals surface area contributed by atoms with Gasteiger partial charge >= 0.3 is 0 Å².